The molecule has 0 radical (unpaired) electrons. The number of hydrogen-bond donors (Lipinski definition) is 4. The molecule has 1 saturated heterocycles. The summed E-state index contributed by atoms with van der Waals surface area (Å²) in [5.41, 5.74) is -0.681. The fourth-order valence-corrected chi connectivity index (χ4v) is 7.96. The van der Waals surface area contributed by atoms with Gasteiger partial charge in [0, 0.05) is 49.9 Å². The summed E-state index contributed by atoms with van der Waals surface area (Å²) in [6.45, 7) is 3.50. The molecule has 220 valence electrons. The van der Waals surface area contributed by atoms with E-state index < -0.39 is 57.9 Å². The van der Waals surface area contributed by atoms with Crippen LogP contribution in [-0.4, -0.2) is 100 Å². The largest absolute Gasteiger partial charge is 0.510 e. The van der Waals surface area contributed by atoms with Crippen LogP contribution in [0.3, 0.4) is 0 Å². The molecule has 1 heterocycles. The summed E-state index contributed by atoms with van der Waals surface area (Å²) in [6, 6.07) is 1.00. The van der Waals surface area contributed by atoms with Crippen molar-refractivity contribution in [3.8, 4) is 5.75 Å². The normalized spacial score (nSPS) is 30.6. The SMILES string of the molecule is CC(=O)C1=C(O)[C@@H](N(C)C)[C@@H]2C[C@@H]3Cc4c(N(C)C)cc(CN5CCC6(CC6)C5)c(O)c4C(=O)C3=C(O)[C@]2(O)C1=O. The van der Waals surface area contributed by atoms with Gasteiger partial charge in [0.2, 0.25) is 5.78 Å². The predicted octanol–water partition coefficient (Wildman–Crippen LogP) is 2.28. The summed E-state index contributed by atoms with van der Waals surface area (Å²) in [7, 11) is 7.07. The van der Waals surface area contributed by atoms with E-state index in [4.69, 9.17) is 0 Å². The smallest absolute Gasteiger partial charge is 0.209 e. The molecule has 0 unspecified atom stereocenters. The van der Waals surface area contributed by atoms with Crippen molar-refractivity contribution in [3.05, 3.63) is 45.4 Å². The molecule has 41 heavy (non-hydrogen) atoms. The number of fused-ring (bicyclic) bond motifs is 3. The Hall–Kier alpha value is -3.21. The van der Waals surface area contributed by atoms with Crippen LogP contribution in [0.4, 0.5) is 5.69 Å². The number of anilines is 1. The van der Waals surface area contributed by atoms with E-state index in [1.165, 1.54) is 12.8 Å². The first-order valence-electron chi connectivity index (χ1n) is 14.3. The standard InChI is InChI=1S/C31H39N3O7/c1-15(35)21-27(38)24(33(4)5)19-11-16-10-18-20(32(2)3)12-17(13-34-9-8-30(14-34)6-7-30)25(36)23(18)26(37)22(16)29(40)31(19,41)28(21)39/h12,16,19,24,36,38,40-41H,6-11,13-14H2,1-5H3/t16-,19-,24-,31+/m0/s1. The number of phenols is 1. The Kier molecular flexibility index (Phi) is 6.23. The van der Waals surface area contributed by atoms with Gasteiger partial charge in [-0.25, -0.2) is 0 Å². The van der Waals surface area contributed by atoms with Gasteiger partial charge in [-0.1, -0.05) is 0 Å². The van der Waals surface area contributed by atoms with Crippen molar-refractivity contribution in [1.29, 1.82) is 0 Å². The van der Waals surface area contributed by atoms with E-state index in [0.29, 0.717) is 29.5 Å². The summed E-state index contributed by atoms with van der Waals surface area (Å²) in [5.74, 6) is -5.40. The van der Waals surface area contributed by atoms with Crippen LogP contribution >= 0.6 is 0 Å². The summed E-state index contributed by atoms with van der Waals surface area (Å²) >= 11 is 0. The zero-order valence-electron chi connectivity index (χ0n) is 24.3. The van der Waals surface area contributed by atoms with E-state index in [2.05, 4.69) is 4.90 Å². The third-order valence-corrected chi connectivity index (χ3v) is 10.2. The number of nitrogens with zero attached hydrogens (tertiary/aromatic N) is 3. The first-order chi connectivity index (χ1) is 19.2. The van der Waals surface area contributed by atoms with Gasteiger partial charge in [-0.2, -0.15) is 0 Å². The van der Waals surface area contributed by atoms with Crippen molar-refractivity contribution in [1.82, 2.24) is 9.80 Å². The highest BCUT2D eigenvalue weighted by molar-refractivity contribution is 6.25. The molecular weight excluding hydrogens is 526 g/mol. The molecule has 0 aromatic heterocycles. The second kappa shape index (κ2) is 9.14. The zero-order valence-corrected chi connectivity index (χ0v) is 24.3. The minimum absolute atomic E-state index is 0.0870. The highest BCUT2D eigenvalue weighted by Gasteiger charge is 2.63. The molecule has 1 aromatic rings. The number of hydrogen-bond acceptors (Lipinski definition) is 10. The lowest BCUT2D eigenvalue weighted by atomic mass is 9.58. The number of aromatic hydroxyl groups is 1. The molecule has 6 rings (SSSR count). The number of aliphatic hydroxyl groups excluding tert-OH is 2. The lowest BCUT2D eigenvalue weighted by Crippen LogP contribution is -2.63. The minimum atomic E-state index is -2.56. The van der Waals surface area contributed by atoms with Crippen molar-refractivity contribution in [2.45, 2.75) is 57.2 Å². The molecular formula is C31H39N3O7. The van der Waals surface area contributed by atoms with Gasteiger partial charge >= 0.3 is 0 Å². The molecule has 0 bridgehead atoms. The Morgan fingerprint density at radius 1 is 1.10 bits per heavy atom. The average Bonchev–Trinajstić information content (AvgIpc) is 3.52. The topological polar surface area (TPSA) is 142 Å². The lowest BCUT2D eigenvalue weighted by Gasteiger charge is -2.50. The first-order valence-corrected chi connectivity index (χ1v) is 14.3. The van der Waals surface area contributed by atoms with Crippen LogP contribution in [0.15, 0.2) is 28.7 Å². The van der Waals surface area contributed by atoms with Crippen LogP contribution in [-0.2, 0) is 22.6 Å². The molecule has 10 heteroatoms. The molecule has 1 saturated carbocycles. The second-order valence-electron chi connectivity index (χ2n) is 13.3. The second-order valence-corrected chi connectivity index (χ2v) is 13.3. The maximum atomic E-state index is 14.2. The molecule has 1 aliphatic heterocycles. The summed E-state index contributed by atoms with van der Waals surface area (Å²) < 4.78 is 0. The maximum absolute atomic E-state index is 14.2. The Balaban J connectivity index is 1.48. The maximum Gasteiger partial charge on any atom is 0.209 e. The molecule has 4 N–H and O–H groups in total. The van der Waals surface area contributed by atoms with Gasteiger partial charge in [-0.3, -0.25) is 24.2 Å². The Labute approximate surface area is 239 Å². The number of rotatable bonds is 5. The first kappa shape index (κ1) is 27.9. The summed E-state index contributed by atoms with van der Waals surface area (Å²) in [5, 5.41) is 46.0. The number of carbonyl (C=O) groups is 3. The Morgan fingerprint density at radius 2 is 1.78 bits per heavy atom. The minimum Gasteiger partial charge on any atom is -0.510 e. The van der Waals surface area contributed by atoms with Gasteiger partial charge in [0.15, 0.2) is 17.2 Å². The van der Waals surface area contributed by atoms with Gasteiger partial charge in [0.1, 0.15) is 22.8 Å². The number of benzene rings is 1. The Bertz CT molecular complexity index is 1450. The van der Waals surface area contributed by atoms with Crippen LogP contribution in [0.1, 0.15) is 54.1 Å². The molecule has 1 spiro atoms. The molecule has 2 fully saturated rings. The highest BCUT2D eigenvalue weighted by Crippen LogP contribution is 2.55. The van der Waals surface area contributed by atoms with E-state index >= 15 is 0 Å². The number of aliphatic hydroxyl groups is 3. The number of carbonyl (C=O) groups excluding carboxylic acids is 3. The van der Waals surface area contributed by atoms with Crippen molar-refractivity contribution >= 4 is 23.0 Å². The van der Waals surface area contributed by atoms with Crippen molar-refractivity contribution in [2.75, 3.05) is 46.2 Å². The molecule has 1 aromatic carbocycles. The van der Waals surface area contributed by atoms with Gasteiger partial charge in [-0.05, 0) is 82.6 Å². The molecule has 5 aliphatic rings. The van der Waals surface area contributed by atoms with Crippen LogP contribution in [0, 0.1) is 17.3 Å². The number of phenolic OH excluding ortho intramolecular Hbond substituents is 1. The number of likely N-dealkylation sites (N-methyl/N-ethyl adjacent to an activating group) is 1. The quantitative estimate of drug-likeness (QED) is 0.393. The van der Waals surface area contributed by atoms with Crippen molar-refractivity contribution in [2.24, 2.45) is 17.3 Å². The zero-order chi connectivity index (χ0) is 29.8. The number of likely N-dealkylation sites (tertiary alicyclic amines) is 1. The Morgan fingerprint density at radius 3 is 2.34 bits per heavy atom. The molecule has 4 aliphatic carbocycles. The summed E-state index contributed by atoms with van der Waals surface area (Å²) in [6.07, 6.45) is 3.99. The van der Waals surface area contributed by atoms with Crippen molar-refractivity contribution in [3.63, 3.8) is 0 Å². The predicted molar refractivity (Wildman–Crippen MR) is 151 cm³/mol. The summed E-state index contributed by atoms with van der Waals surface area (Å²) in [4.78, 5) is 46.0. The van der Waals surface area contributed by atoms with Gasteiger partial charge in [0.25, 0.3) is 0 Å². The van der Waals surface area contributed by atoms with E-state index in [0.717, 1.165) is 32.1 Å². The third kappa shape index (κ3) is 3.90. The lowest BCUT2D eigenvalue weighted by molar-refractivity contribution is -0.148. The van der Waals surface area contributed by atoms with Crippen molar-refractivity contribution < 1.29 is 34.8 Å². The van der Waals surface area contributed by atoms with E-state index in [9.17, 15) is 34.8 Å². The van der Waals surface area contributed by atoms with Crippen LogP contribution in [0.2, 0.25) is 0 Å². The molecule has 0 amide bonds. The fraction of sp³-hybridized carbons (Fsp3) is 0.581. The van der Waals surface area contributed by atoms with Gasteiger partial charge in [-0.15, -0.1) is 0 Å². The van der Waals surface area contributed by atoms with E-state index in [1.807, 2.05) is 25.1 Å². The monoisotopic (exact) mass is 565 g/mol. The third-order valence-electron chi connectivity index (χ3n) is 10.2. The molecule has 4 atom stereocenters. The number of Topliss-reactive ketones (excluding diaryl/α,β-unsaturated/α-hetero) is 3. The van der Waals surface area contributed by atoms with Crippen LogP contribution in [0.5, 0.6) is 5.75 Å². The van der Waals surface area contributed by atoms with Gasteiger partial charge in [0.05, 0.1) is 11.6 Å². The van der Waals surface area contributed by atoms with Crippen LogP contribution < -0.4 is 4.90 Å². The van der Waals surface area contributed by atoms with E-state index in [1.54, 1.807) is 19.0 Å². The highest BCUT2D eigenvalue weighted by atomic mass is 16.3. The van der Waals surface area contributed by atoms with E-state index in [-0.39, 0.29) is 23.3 Å². The average molecular weight is 566 g/mol. The fourth-order valence-electron chi connectivity index (χ4n) is 7.96. The number of allylic oxidation sites excluding steroid dienone is 1. The van der Waals surface area contributed by atoms with Crippen LogP contribution in [0.25, 0.3) is 0 Å². The molecule has 10 nitrogen and oxygen atoms in total. The van der Waals surface area contributed by atoms with Gasteiger partial charge < -0.3 is 25.3 Å². The number of ketones is 3.